The molecular weight excluding hydrogens is 258 g/mol. The molecule has 0 amide bonds. The fourth-order valence-corrected chi connectivity index (χ4v) is 2.85. The summed E-state index contributed by atoms with van der Waals surface area (Å²) in [6.07, 6.45) is 1.04. The Morgan fingerprint density at radius 1 is 1.05 bits per heavy atom. The van der Waals surface area contributed by atoms with Crippen LogP contribution in [0.1, 0.15) is 42.5 Å². The first-order chi connectivity index (χ1) is 10.2. The van der Waals surface area contributed by atoms with Gasteiger partial charge in [0.25, 0.3) is 0 Å². The topological polar surface area (TPSA) is 21.3 Å². The molecule has 2 aromatic carbocycles. The molecule has 0 fully saturated rings. The van der Waals surface area contributed by atoms with Crippen molar-refractivity contribution in [2.75, 3.05) is 13.2 Å². The lowest BCUT2D eigenvalue weighted by Gasteiger charge is -2.19. The number of hydrogen-bond donors (Lipinski definition) is 1. The quantitative estimate of drug-likeness (QED) is 0.891. The molecule has 1 aliphatic heterocycles. The van der Waals surface area contributed by atoms with Crippen LogP contribution in [0.2, 0.25) is 0 Å². The largest absolute Gasteiger partial charge is 0.493 e. The summed E-state index contributed by atoms with van der Waals surface area (Å²) in [6.45, 7) is 6.31. The average Bonchev–Trinajstić information content (AvgIpc) is 3.00. The SMILES string of the molecule is CC(CNC(C)c1ccc2c(c1)CCO2)c1ccccc1. The lowest BCUT2D eigenvalue weighted by atomic mass is 9.99. The van der Waals surface area contributed by atoms with E-state index in [1.165, 1.54) is 16.7 Å². The fraction of sp³-hybridized carbons (Fsp3) is 0.368. The van der Waals surface area contributed by atoms with Gasteiger partial charge in [-0.1, -0.05) is 49.4 Å². The number of benzene rings is 2. The molecule has 2 unspecified atom stereocenters. The third kappa shape index (κ3) is 3.27. The molecule has 1 aliphatic rings. The van der Waals surface area contributed by atoms with E-state index in [1.54, 1.807) is 0 Å². The molecule has 0 spiro atoms. The van der Waals surface area contributed by atoms with Crippen LogP contribution in [0.25, 0.3) is 0 Å². The highest BCUT2D eigenvalue weighted by Crippen LogP contribution is 2.28. The number of ether oxygens (including phenoxy) is 1. The van der Waals surface area contributed by atoms with E-state index in [0.717, 1.165) is 25.3 Å². The van der Waals surface area contributed by atoms with Crippen LogP contribution in [-0.4, -0.2) is 13.2 Å². The van der Waals surface area contributed by atoms with Gasteiger partial charge in [0, 0.05) is 19.0 Å². The first-order valence-electron chi connectivity index (χ1n) is 7.78. The average molecular weight is 281 g/mol. The maximum Gasteiger partial charge on any atom is 0.122 e. The summed E-state index contributed by atoms with van der Waals surface area (Å²) in [7, 11) is 0. The van der Waals surface area contributed by atoms with Crippen LogP contribution in [0.4, 0.5) is 0 Å². The highest BCUT2D eigenvalue weighted by Gasteiger charge is 2.15. The van der Waals surface area contributed by atoms with Gasteiger partial charge in [0.15, 0.2) is 0 Å². The summed E-state index contributed by atoms with van der Waals surface area (Å²) < 4.78 is 5.57. The van der Waals surface area contributed by atoms with Crippen molar-refractivity contribution in [3.05, 3.63) is 65.2 Å². The van der Waals surface area contributed by atoms with Crippen LogP contribution in [0.5, 0.6) is 5.75 Å². The zero-order valence-corrected chi connectivity index (χ0v) is 12.8. The Morgan fingerprint density at radius 3 is 2.67 bits per heavy atom. The van der Waals surface area contributed by atoms with Gasteiger partial charge in [0.2, 0.25) is 0 Å². The normalized spacial score (nSPS) is 16.1. The van der Waals surface area contributed by atoms with Crippen molar-refractivity contribution in [3.63, 3.8) is 0 Å². The molecule has 1 N–H and O–H groups in total. The predicted octanol–water partition coefficient (Wildman–Crippen LogP) is 4.08. The zero-order chi connectivity index (χ0) is 14.7. The van der Waals surface area contributed by atoms with E-state index >= 15 is 0 Å². The second-order valence-corrected chi connectivity index (χ2v) is 5.91. The van der Waals surface area contributed by atoms with Crippen LogP contribution in [0, 0.1) is 0 Å². The van der Waals surface area contributed by atoms with Crippen molar-refractivity contribution in [3.8, 4) is 5.75 Å². The van der Waals surface area contributed by atoms with E-state index in [0.29, 0.717) is 12.0 Å². The standard InChI is InChI=1S/C19H23NO/c1-14(16-6-4-3-5-7-16)13-20-15(2)17-8-9-19-18(12-17)10-11-21-19/h3-9,12,14-15,20H,10-11,13H2,1-2H3. The van der Waals surface area contributed by atoms with Gasteiger partial charge in [-0.15, -0.1) is 0 Å². The number of hydrogen-bond acceptors (Lipinski definition) is 2. The minimum Gasteiger partial charge on any atom is -0.493 e. The van der Waals surface area contributed by atoms with Crippen molar-refractivity contribution in [1.82, 2.24) is 5.32 Å². The molecule has 0 aliphatic carbocycles. The number of rotatable bonds is 5. The Labute approximate surface area is 127 Å². The van der Waals surface area contributed by atoms with E-state index in [2.05, 4.69) is 67.7 Å². The molecule has 2 nitrogen and oxygen atoms in total. The Bertz CT molecular complexity index is 594. The molecule has 0 aromatic heterocycles. The second kappa shape index (κ2) is 6.31. The van der Waals surface area contributed by atoms with E-state index < -0.39 is 0 Å². The minimum absolute atomic E-state index is 0.363. The van der Waals surface area contributed by atoms with Crippen molar-refractivity contribution in [1.29, 1.82) is 0 Å². The first kappa shape index (κ1) is 14.2. The third-order valence-electron chi connectivity index (χ3n) is 4.31. The van der Waals surface area contributed by atoms with Gasteiger partial charge in [0.1, 0.15) is 5.75 Å². The lowest BCUT2D eigenvalue weighted by molar-refractivity contribution is 0.356. The Hall–Kier alpha value is -1.80. The molecule has 0 saturated carbocycles. The highest BCUT2D eigenvalue weighted by molar-refractivity contribution is 5.40. The molecule has 0 bridgehead atoms. The summed E-state index contributed by atoms with van der Waals surface area (Å²) in [5.41, 5.74) is 4.08. The molecule has 0 radical (unpaired) electrons. The van der Waals surface area contributed by atoms with Crippen molar-refractivity contribution in [2.24, 2.45) is 0 Å². The predicted molar refractivity (Wildman–Crippen MR) is 86.9 cm³/mol. The molecule has 21 heavy (non-hydrogen) atoms. The Morgan fingerprint density at radius 2 is 1.86 bits per heavy atom. The molecular formula is C19H23NO. The third-order valence-corrected chi connectivity index (χ3v) is 4.31. The summed E-state index contributed by atoms with van der Waals surface area (Å²) in [5, 5.41) is 3.65. The van der Waals surface area contributed by atoms with Crippen molar-refractivity contribution in [2.45, 2.75) is 32.2 Å². The molecule has 1 heterocycles. The van der Waals surface area contributed by atoms with Gasteiger partial charge in [-0.05, 0) is 35.6 Å². The van der Waals surface area contributed by atoms with Crippen molar-refractivity contribution >= 4 is 0 Å². The summed E-state index contributed by atoms with van der Waals surface area (Å²) in [5.74, 6) is 1.58. The van der Waals surface area contributed by atoms with Crippen LogP contribution >= 0.6 is 0 Å². The van der Waals surface area contributed by atoms with Gasteiger partial charge < -0.3 is 10.1 Å². The van der Waals surface area contributed by atoms with E-state index in [-0.39, 0.29) is 0 Å². The van der Waals surface area contributed by atoms with Gasteiger partial charge in [0.05, 0.1) is 6.61 Å². The van der Waals surface area contributed by atoms with Crippen molar-refractivity contribution < 1.29 is 4.74 Å². The fourth-order valence-electron chi connectivity index (χ4n) is 2.85. The minimum atomic E-state index is 0.363. The van der Waals surface area contributed by atoms with Crippen LogP contribution in [-0.2, 0) is 6.42 Å². The smallest absolute Gasteiger partial charge is 0.122 e. The number of nitrogens with one attached hydrogen (secondary N) is 1. The summed E-state index contributed by atoms with van der Waals surface area (Å²) >= 11 is 0. The van der Waals surface area contributed by atoms with Gasteiger partial charge in [-0.3, -0.25) is 0 Å². The molecule has 2 atom stereocenters. The highest BCUT2D eigenvalue weighted by atomic mass is 16.5. The van der Waals surface area contributed by atoms with Crippen LogP contribution in [0.3, 0.4) is 0 Å². The lowest BCUT2D eigenvalue weighted by Crippen LogP contribution is -2.23. The van der Waals surface area contributed by atoms with E-state index in [9.17, 15) is 0 Å². The first-order valence-corrected chi connectivity index (χ1v) is 7.78. The zero-order valence-electron chi connectivity index (χ0n) is 12.8. The van der Waals surface area contributed by atoms with Crippen LogP contribution < -0.4 is 10.1 Å². The molecule has 0 saturated heterocycles. The molecule has 2 heteroatoms. The molecule has 2 aromatic rings. The maximum atomic E-state index is 5.57. The van der Waals surface area contributed by atoms with Gasteiger partial charge in [-0.25, -0.2) is 0 Å². The monoisotopic (exact) mass is 281 g/mol. The van der Waals surface area contributed by atoms with Crippen LogP contribution in [0.15, 0.2) is 48.5 Å². The molecule has 110 valence electrons. The van der Waals surface area contributed by atoms with E-state index in [1.807, 2.05) is 0 Å². The van der Waals surface area contributed by atoms with Gasteiger partial charge >= 0.3 is 0 Å². The van der Waals surface area contributed by atoms with Gasteiger partial charge in [-0.2, -0.15) is 0 Å². The second-order valence-electron chi connectivity index (χ2n) is 5.91. The summed E-state index contributed by atoms with van der Waals surface area (Å²) in [4.78, 5) is 0. The summed E-state index contributed by atoms with van der Waals surface area (Å²) in [6, 6.07) is 17.6. The van der Waals surface area contributed by atoms with E-state index in [4.69, 9.17) is 4.74 Å². The Balaban J connectivity index is 1.60. The molecule has 3 rings (SSSR count). The maximum absolute atomic E-state index is 5.57. The number of fused-ring (bicyclic) bond motifs is 1. The Kier molecular flexibility index (Phi) is 4.26.